The number of methoxy groups -OCH3 is 1. The van der Waals surface area contributed by atoms with Gasteiger partial charge in [0.2, 0.25) is 5.91 Å². The van der Waals surface area contributed by atoms with Crippen LogP contribution in [0.2, 0.25) is 0 Å². The molecule has 19 heavy (non-hydrogen) atoms. The summed E-state index contributed by atoms with van der Waals surface area (Å²) >= 11 is 0. The Hall–Kier alpha value is -1.81. The molecule has 1 amide bonds. The molecule has 0 spiro atoms. The number of hydrogen-bond acceptors (Lipinski definition) is 3. The monoisotopic (exact) mass is 261 g/mol. The standard InChI is InChI=1S/C15H19NO3/c1-3-12-10-15(17)16(11-12)13-6-4-5-7-14(13)19-9-8-18-2/h3-7,12H,1,8-11H2,2H3. The second-order valence-corrected chi connectivity index (χ2v) is 4.51. The Labute approximate surface area is 113 Å². The van der Waals surface area contributed by atoms with Crippen LogP contribution in [-0.2, 0) is 9.53 Å². The van der Waals surface area contributed by atoms with Gasteiger partial charge in [0, 0.05) is 26.0 Å². The van der Waals surface area contributed by atoms with E-state index in [1.54, 1.807) is 12.0 Å². The molecule has 0 aliphatic carbocycles. The molecule has 1 heterocycles. The number of para-hydroxylation sites is 2. The fourth-order valence-electron chi connectivity index (χ4n) is 2.16. The quantitative estimate of drug-likeness (QED) is 0.582. The van der Waals surface area contributed by atoms with E-state index in [9.17, 15) is 4.79 Å². The molecular weight excluding hydrogens is 242 g/mol. The third kappa shape index (κ3) is 3.15. The summed E-state index contributed by atoms with van der Waals surface area (Å²) < 4.78 is 10.6. The first-order valence-electron chi connectivity index (χ1n) is 6.40. The Balaban J connectivity index is 2.15. The maximum atomic E-state index is 12.0. The van der Waals surface area contributed by atoms with Crippen molar-refractivity contribution in [1.82, 2.24) is 0 Å². The summed E-state index contributed by atoms with van der Waals surface area (Å²) in [6.07, 6.45) is 2.36. The van der Waals surface area contributed by atoms with Crippen molar-refractivity contribution in [2.75, 3.05) is 31.8 Å². The second-order valence-electron chi connectivity index (χ2n) is 4.51. The van der Waals surface area contributed by atoms with Crippen LogP contribution in [0.5, 0.6) is 5.75 Å². The Morgan fingerprint density at radius 1 is 1.42 bits per heavy atom. The predicted molar refractivity (Wildman–Crippen MR) is 74.5 cm³/mol. The summed E-state index contributed by atoms with van der Waals surface area (Å²) in [5.41, 5.74) is 0.827. The zero-order valence-electron chi connectivity index (χ0n) is 11.2. The molecule has 0 bridgehead atoms. The molecule has 1 aliphatic rings. The van der Waals surface area contributed by atoms with E-state index in [-0.39, 0.29) is 11.8 Å². The average Bonchev–Trinajstić information content (AvgIpc) is 2.81. The molecule has 4 heteroatoms. The lowest BCUT2D eigenvalue weighted by atomic mass is 10.1. The molecule has 0 radical (unpaired) electrons. The van der Waals surface area contributed by atoms with Gasteiger partial charge in [-0.1, -0.05) is 18.2 Å². The molecule has 1 aromatic rings. The summed E-state index contributed by atoms with van der Waals surface area (Å²) in [4.78, 5) is 13.8. The van der Waals surface area contributed by atoms with Crippen LogP contribution >= 0.6 is 0 Å². The van der Waals surface area contributed by atoms with Crippen molar-refractivity contribution >= 4 is 11.6 Å². The Morgan fingerprint density at radius 3 is 2.89 bits per heavy atom. The Kier molecular flexibility index (Phi) is 4.58. The third-order valence-corrected chi connectivity index (χ3v) is 3.19. The number of nitrogens with zero attached hydrogens (tertiary/aromatic N) is 1. The van der Waals surface area contributed by atoms with Gasteiger partial charge in [-0.05, 0) is 12.1 Å². The van der Waals surface area contributed by atoms with Gasteiger partial charge in [0.05, 0.1) is 12.3 Å². The van der Waals surface area contributed by atoms with Gasteiger partial charge in [0.25, 0.3) is 0 Å². The minimum atomic E-state index is 0.118. The molecule has 4 nitrogen and oxygen atoms in total. The number of ether oxygens (including phenoxy) is 2. The fraction of sp³-hybridized carbons (Fsp3) is 0.400. The number of benzene rings is 1. The molecule has 1 saturated heterocycles. The molecule has 1 unspecified atom stereocenters. The van der Waals surface area contributed by atoms with Crippen LogP contribution in [0.25, 0.3) is 0 Å². The van der Waals surface area contributed by atoms with Crippen LogP contribution in [0, 0.1) is 5.92 Å². The topological polar surface area (TPSA) is 38.8 Å². The summed E-state index contributed by atoms with van der Waals surface area (Å²) in [7, 11) is 1.63. The van der Waals surface area contributed by atoms with E-state index in [1.807, 2.05) is 30.3 Å². The van der Waals surface area contributed by atoms with Crippen LogP contribution < -0.4 is 9.64 Å². The van der Waals surface area contributed by atoms with Crippen molar-refractivity contribution in [2.24, 2.45) is 5.92 Å². The van der Waals surface area contributed by atoms with E-state index >= 15 is 0 Å². The van der Waals surface area contributed by atoms with Crippen molar-refractivity contribution in [2.45, 2.75) is 6.42 Å². The summed E-state index contributed by atoms with van der Waals surface area (Å²) in [5, 5.41) is 0. The van der Waals surface area contributed by atoms with E-state index < -0.39 is 0 Å². The lowest BCUT2D eigenvalue weighted by molar-refractivity contribution is -0.117. The lowest BCUT2D eigenvalue weighted by Gasteiger charge is -2.20. The third-order valence-electron chi connectivity index (χ3n) is 3.19. The average molecular weight is 261 g/mol. The highest BCUT2D eigenvalue weighted by Crippen LogP contribution is 2.33. The van der Waals surface area contributed by atoms with Crippen LogP contribution in [0.15, 0.2) is 36.9 Å². The molecular formula is C15H19NO3. The molecule has 0 aromatic heterocycles. The van der Waals surface area contributed by atoms with Gasteiger partial charge < -0.3 is 14.4 Å². The minimum Gasteiger partial charge on any atom is -0.489 e. The van der Waals surface area contributed by atoms with E-state index in [0.717, 1.165) is 11.4 Å². The number of rotatable bonds is 6. The first-order valence-corrected chi connectivity index (χ1v) is 6.40. The van der Waals surface area contributed by atoms with Gasteiger partial charge >= 0.3 is 0 Å². The van der Waals surface area contributed by atoms with Crippen LogP contribution in [0.3, 0.4) is 0 Å². The van der Waals surface area contributed by atoms with Crippen molar-refractivity contribution in [3.05, 3.63) is 36.9 Å². The maximum Gasteiger partial charge on any atom is 0.227 e. The van der Waals surface area contributed by atoms with Gasteiger partial charge in [-0.2, -0.15) is 0 Å². The minimum absolute atomic E-state index is 0.118. The number of carbonyl (C=O) groups is 1. The highest BCUT2D eigenvalue weighted by atomic mass is 16.5. The van der Waals surface area contributed by atoms with Crippen molar-refractivity contribution in [1.29, 1.82) is 0 Å². The SMILES string of the molecule is C=CC1CC(=O)N(c2ccccc2OCCOC)C1. The number of hydrogen-bond donors (Lipinski definition) is 0. The van der Waals surface area contributed by atoms with E-state index in [4.69, 9.17) is 9.47 Å². The summed E-state index contributed by atoms with van der Waals surface area (Å²) in [5.74, 6) is 1.06. The molecule has 1 atom stereocenters. The van der Waals surface area contributed by atoms with Crippen molar-refractivity contribution in [3.8, 4) is 5.75 Å². The van der Waals surface area contributed by atoms with E-state index in [2.05, 4.69) is 6.58 Å². The molecule has 102 valence electrons. The van der Waals surface area contributed by atoms with Gasteiger partial charge in [0.1, 0.15) is 12.4 Å². The molecule has 2 rings (SSSR count). The number of amides is 1. The van der Waals surface area contributed by atoms with Gasteiger partial charge in [-0.3, -0.25) is 4.79 Å². The van der Waals surface area contributed by atoms with Gasteiger partial charge in [0.15, 0.2) is 0 Å². The Bertz CT molecular complexity index is 458. The normalized spacial score (nSPS) is 18.7. The van der Waals surface area contributed by atoms with Crippen molar-refractivity contribution in [3.63, 3.8) is 0 Å². The van der Waals surface area contributed by atoms with Crippen LogP contribution in [0.4, 0.5) is 5.69 Å². The van der Waals surface area contributed by atoms with Crippen molar-refractivity contribution < 1.29 is 14.3 Å². The number of anilines is 1. The Morgan fingerprint density at radius 2 is 2.21 bits per heavy atom. The summed E-state index contributed by atoms with van der Waals surface area (Å²) in [6, 6.07) is 7.59. The largest absolute Gasteiger partial charge is 0.489 e. The zero-order chi connectivity index (χ0) is 13.7. The first kappa shape index (κ1) is 13.6. The summed E-state index contributed by atoms with van der Waals surface area (Å²) in [6.45, 7) is 5.43. The predicted octanol–water partition coefficient (Wildman–Crippen LogP) is 2.25. The lowest BCUT2D eigenvalue weighted by Crippen LogP contribution is -2.25. The van der Waals surface area contributed by atoms with Crippen LogP contribution in [0.1, 0.15) is 6.42 Å². The highest BCUT2D eigenvalue weighted by molar-refractivity contribution is 5.97. The molecule has 1 aromatic carbocycles. The van der Waals surface area contributed by atoms with E-state index in [0.29, 0.717) is 26.2 Å². The molecule has 0 saturated carbocycles. The molecule has 1 fully saturated rings. The van der Waals surface area contributed by atoms with Gasteiger partial charge in [-0.25, -0.2) is 0 Å². The molecule has 1 aliphatic heterocycles. The molecule has 0 N–H and O–H groups in total. The maximum absolute atomic E-state index is 12.0. The second kappa shape index (κ2) is 6.38. The van der Waals surface area contributed by atoms with Crippen LogP contribution in [-0.4, -0.2) is 32.8 Å². The zero-order valence-corrected chi connectivity index (χ0v) is 11.2. The van der Waals surface area contributed by atoms with Gasteiger partial charge in [-0.15, -0.1) is 6.58 Å². The fourth-order valence-corrected chi connectivity index (χ4v) is 2.16. The number of carbonyl (C=O) groups excluding carboxylic acids is 1. The smallest absolute Gasteiger partial charge is 0.227 e. The highest BCUT2D eigenvalue weighted by Gasteiger charge is 2.30. The first-order chi connectivity index (χ1) is 9.26. The van der Waals surface area contributed by atoms with E-state index in [1.165, 1.54) is 0 Å².